The quantitative estimate of drug-likeness (QED) is 0.629. The first-order chi connectivity index (χ1) is 7.72. The van der Waals surface area contributed by atoms with Crippen LogP contribution < -0.4 is 0 Å². The van der Waals surface area contributed by atoms with Crippen molar-refractivity contribution < 1.29 is 28.5 Å². The van der Waals surface area contributed by atoms with Gasteiger partial charge < -0.3 is 23.7 Å². The van der Waals surface area contributed by atoms with Gasteiger partial charge in [0.25, 0.3) is 6.29 Å². The largest absolute Gasteiger partial charge is 0.462 e. The van der Waals surface area contributed by atoms with E-state index < -0.39 is 24.8 Å². The molecule has 2 atom stereocenters. The number of carbonyl (C=O) groups excluding carboxylic acids is 1. The second kappa shape index (κ2) is 6.80. The molecule has 6 heteroatoms. The van der Waals surface area contributed by atoms with E-state index in [4.69, 9.17) is 23.7 Å². The molecule has 1 heterocycles. The third-order valence-corrected chi connectivity index (χ3v) is 1.88. The highest BCUT2D eigenvalue weighted by atomic mass is 16.9. The zero-order chi connectivity index (χ0) is 12.0. The highest BCUT2D eigenvalue weighted by molar-refractivity contribution is 5.73. The molecule has 1 aliphatic heterocycles. The van der Waals surface area contributed by atoms with Crippen LogP contribution in [-0.4, -0.2) is 44.7 Å². The van der Waals surface area contributed by atoms with E-state index in [9.17, 15) is 4.79 Å². The van der Waals surface area contributed by atoms with Gasteiger partial charge in [0.15, 0.2) is 0 Å². The summed E-state index contributed by atoms with van der Waals surface area (Å²) in [4.78, 5) is 11.4. The van der Waals surface area contributed by atoms with Crippen LogP contribution in [0.25, 0.3) is 0 Å². The molecule has 1 saturated heterocycles. The summed E-state index contributed by atoms with van der Waals surface area (Å²) in [5.74, 6) is -0.561. The van der Waals surface area contributed by atoms with Gasteiger partial charge in [-0.3, -0.25) is 0 Å². The number of esters is 1. The maximum Gasteiger partial charge on any atom is 0.363 e. The lowest BCUT2D eigenvalue weighted by Gasteiger charge is -2.15. The normalized spacial score (nSPS) is 29.3. The molecule has 0 amide bonds. The fourth-order valence-corrected chi connectivity index (χ4v) is 1.29. The summed E-state index contributed by atoms with van der Waals surface area (Å²) >= 11 is 0. The molecule has 0 aromatic heterocycles. The number of carbonyl (C=O) groups is 1. The third-order valence-electron chi connectivity index (χ3n) is 1.88. The Morgan fingerprint density at radius 1 is 1.00 bits per heavy atom. The molecule has 2 unspecified atom stereocenters. The van der Waals surface area contributed by atoms with E-state index in [0.717, 1.165) is 0 Å². The van der Waals surface area contributed by atoms with Crippen molar-refractivity contribution in [1.29, 1.82) is 0 Å². The standard InChI is InChI=1S/C10H18O6/c1-4-12-7(11)8-15-9(13-5-2)10(16-8)14-6-3/h8-10H,4-6H2,1-3H3. The molecular formula is C10H18O6. The highest BCUT2D eigenvalue weighted by Crippen LogP contribution is 2.22. The molecule has 0 aromatic rings. The fraction of sp³-hybridized carbons (Fsp3) is 0.900. The second-order valence-corrected chi connectivity index (χ2v) is 3.00. The Labute approximate surface area is 94.7 Å². The van der Waals surface area contributed by atoms with Gasteiger partial charge in [0, 0.05) is 13.2 Å². The van der Waals surface area contributed by atoms with Gasteiger partial charge in [0.05, 0.1) is 6.61 Å². The summed E-state index contributed by atoms with van der Waals surface area (Å²) in [6.07, 6.45) is -2.42. The van der Waals surface area contributed by atoms with Crippen molar-refractivity contribution in [2.45, 2.75) is 39.6 Å². The number of ether oxygens (including phenoxy) is 5. The smallest absolute Gasteiger partial charge is 0.363 e. The average Bonchev–Trinajstić information content (AvgIpc) is 2.64. The number of hydrogen-bond acceptors (Lipinski definition) is 6. The monoisotopic (exact) mass is 234 g/mol. The van der Waals surface area contributed by atoms with Crippen molar-refractivity contribution in [3.05, 3.63) is 0 Å². The van der Waals surface area contributed by atoms with Gasteiger partial charge in [-0.25, -0.2) is 4.79 Å². The van der Waals surface area contributed by atoms with Crippen LogP contribution in [0.5, 0.6) is 0 Å². The first-order valence-electron chi connectivity index (χ1n) is 5.43. The first-order valence-corrected chi connectivity index (χ1v) is 5.43. The lowest BCUT2D eigenvalue weighted by molar-refractivity contribution is -0.186. The van der Waals surface area contributed by atoms with Crippen LogP contribution in [0.1, 0.15) is 20.8 Å². The Kier molecular flexibility index (Phi) is 5.68. The van der Waals surface area contributed by atoms with E-state index in [1.165, 1.54) is 0 Å². The summed E-state index contributed by atoms with van der Waals surface area (Å²) in [5.41, 5.74) is 0. The summed E-state index contributed by atoms with van der Waals surface area (Å²) in [5, 5.41) is 0. The molecule has 0 aliphatic carbocycles. The van der Waals surface area contributed by atoms with E-state index in [1.807, 2.05) is 13.8 Å². The van der Waals surface area contributed by atoms with Crippen molar-refractivity contribution in [2.24, 2.45) is 0 Å². The van der Waals surface area contributed by atoms with Crippen molar-refractivity contribution in [3.8, 4) is 0 Å². The fourth-order valence-electron chi connectivity index (χ4n) is 1.29. The van der Waals surface area contributed by atoms with E-state index in [2.05, 4.69) is 0 Å². The maximum atomic E-state index is 11.4. The maximum absolute atomic E-state index is 11.4. The van der Waals surface area contributed by atoms with Gasteiger partial charge in [-0.15, -0.1) is 0 Å². The molecule has 0 N–H and O–H groups in total. The van der Waals surface area contributed by atoms with Crippen molar-refractivity contribution in [1.82, 2.24) is 0 Å². The first kappa shape index (κ1) is 13.4. The molecular weight excluding hydrogens is 216 g/mol. The van der Waals surface area contributed by atoms with Crippen LogP contribution in [0.15, 0.2) is 0 Å². The Morgan fingerprint density at radius 3 is 1.88 bits per heavy atom. The van der Waals surface area contributed by atoms with E-state index in [0.29, 0.717) is 13.2 Å². The zero-order valence-corrected chi connectivity index (χ0v) is 9.80. The molecule has 1 rings (SSSR count). The third kappa shape index (κ3) is 3.41. The Balaban J connectivity index is 2.50. The average molecular weight is 234 g/mol. The summed E-state index contributed by atoms with van der Waals surface area (Å²) in [6, 6.07) is 0. The van der Waals surface area contributed by atoms with Crippen LogP contribution in [0, 0.1) is 0 Å². The van der Waals surface area contributed by atoms with Crippen LogP contribution in [0.2, 0.25) is 0 Å². The molecule has 1 fully saturated rings. The molecule has 94 valence electrons. The summed E-state index contributed by atoms with van der Waals surface area (Å²) < 4.78 is 25.7. The molecule has 0 radical (unpaired) electrons. The van der Waals surface area contributed by atoms with Gasteiger partial charge in [0.1, 0.15) is 0 Å². The molecule has 0 bridgehead atoms. The second-order valence-electron chi connectivity index (χ2n) is 3.00. The topological polar surface area (TPSA) is 63.2 Å². The van der Waals surface area contributed by atoms with Crippen molar-refractivity contribution >= 4 is 5.97 Å². The molecule has 0 saturated carbocycles. The lowest BCUT2D eigenvalue weighted by Crippen LogP contribution is -2.28. The minimum absolute atomic E-state index is 0.278. The zero-order valence-electron chi connectivity index (χ0n) is 9.80. The predicted molar refractivity (Wildman–Crippen MR) is 53.4 cm³/mol. The minimum Gasteiger partial charge on any atom is -0.462 e. The Morgan fingerprint density at radius 2 is 1.50 bits per heavy atom. The van der Waals surface area contributed by atoms with Gasteiger partial charge in [-0.2, -0.15) is 0 Å². The van der Waals surface area contributed by atoms with Crippen LogP contribution >= 0.6 is 0 Å². The van der Waals surface area contributed by atoms with E-state index in [-0.39, 0.29) is 6.61 Å². The minimum atomic E-state index is -1.06. The summed E-state index contributed by atoms with van der Waals surface area (Å²) in [7, 11) is 0. The Bertz CT molecular complexity index is 205. The van der Waals surface area contributed by atoms with Gasteiger partial charge in [0.2, 0.25) is 12.6 Å². The van der Waals surface area contributed by atoms with Gasteiger partial charge >= 0.3 is 5.97 Å². The van der Waals surface area contributed by atoms with E-state index >= 15 is 0 Å². The predicted octanol–water partition coefficient (Wildman–Crippen LogP) is 0.648. The molecule has 0 spiro atoms. The lowest BCUT2D eigenvalue weighted by atomic mass is 10.6. The summed E-state index contributed by atoms with van der Waals surface area (Å²) in [6.45, 7) is 6.54. The number of hydrogen-bond donors (Lipinski definition) is 0. The van der Waals surface area contributed by atoms with Crippen molar-refractivity contribution in [2.75, 3.05) is 19.8 Å². The molecule has 0 aromatic carbocycles. The van der Waals surface area contributed by atoms with E-state index in [1.54, 1.807) is 6.92 Å². The van der Waals surface area contributed by atoms with Crippen LogP contribution in [-0.2, 0) is 28.5 Å². The van der Waals surface area contributed by atoms with Crippen LogP contribution in [0.3, 0.4) is 0 Å². The van der Waals surface area contributed by atoms with Crippen LogP contribution in [0.4, 0.5) is 0 Å². The molecule has 16 heavy (non-hydrogen) atoms. The number of rotatable bonds is 6. The van der Waals surface area contributed by atoms with Crippen molar-refractivity contribution in [3.63, 3.8) is 0 Å². The van der Waals surface area contributed by atoms with Gasteiger partial charge in [-0.1, -0.05) is 0 Å². The molecule has 1 aliphatic rings. The Hall–Kier alpha value is -0.690. The highest BCUT2D eigenvalue weighted by Gasteiger charge is 2.42. The van der Waals surface area contributed by atoms with Gasteiger partial charge in [-0.05, 0) is 20.8 Å². The SMILES string of the molecule is CCOC(=O)C1OC(OCC)C(OCC)O1. The molecule has 6 nitrogen and oxygen atoms in total.